The summed E-state index contributed by atoms with van der Waals surface area (Å²) in [5, 5.41) is 0. The lowest BCUT2D eigenvalue weighted by Gasteiger charge is -2.42. The molecule has 0 atom stereocenters. The zero-order valence-electron chi connectivity index (χ0n) is 13.5. The molecule has 118 valence electrons. The predicted octanol–water partition coefficient (Wildman–Crippen LogP) is 5.33. The van der Waals surface area contributed by atoms with Crippen molar-refractivity contribution in [1.29, 1.82) is 0 Å². The van der Waals surface area contributed by atoms with Crippen LogP contribution in [0, 0.1) is 11.6 Å². The van der Waals surface area contributed by atoms with Crippen molar-refractivity contribution in [2.45, 2.75) is 58.2 Å². The van der Waals surface area contributed by atoms with E-state index in [2.05, 4.69) is 41.5 Å². The Balaban J connectivity index is 3.34. The summed E-state index contributed by atoms with van der Waals surface area (Å²) in [5.74, 6) is -2.29. The fraction of sp³-hybridized carbons (Fsp3) is 0.562. The van der Waals surface area contributed by atoms with E-state index >= 15 is 0 Å². The smallest absolute Gasteiger partial charge is 0.258 e. The molecule has 0 saturated carbocycles. The lowest BCUT2D eigenvalue weighted by atomic mass is 10.2. The van der Waals surface area contributed by atoms with Gasteiger partial charge in [-0.3, -0.25) is 4.79 Å². The molecule has 0 aliphatic carbocycles. The Kier molecular flexibility index (Phi) is 5.67. The van der Waals surface area contributed by atoms with Crippen LogP contribution in [0.3, 0.4) is 0 Å². The first-order valence-electron chi connectivity index (χ1n) is 7.30. The zero-order chi connectivity index (χ0) is 16.4. The van der Waals surface area contributed by atoms with Gasteiger partial charge in [-0.2, -0.15) is 4.39 Å². The largest absolute Gasteiger partial charge is 0.541 e. The van der Waals surface area contributed by atoms with Crippen molar-refractivity contribution in [3.8, 4) is 5.75 Å². The van der Waals surface area contributed by atoms with Crippen molar-refractivity contribution in [3.05, 3.63) is 29.3 Å². The average molecular weight is 314 g/mol. The molecule has 0 unspecified atom stereocenters. The molecule has 0 aromatic heterocycles. The summed E-state index contributed by atoms with van der Waals surface area (Å²) in [7, 11) is -2.35. The Bertz CT molecular complexity index is 491. The van der Waals surface area contributed by atoms with Crippen molar-refractivity contribution in [3.63, 3.8) is 0 Å². The van der Waals surface area contributed by atoms with Crippen LogP contribution in [0.1, 0.15) is 51.9 Å². The molecule has 1 aromatic carbocycles. The third-order valence-corrected chi connectivity index (χ3v) is 10.2. The van der Waals surface area contributed by atoms with Crippen LogP contribution >= 0.6 is 0 Å². The molecule has 21 heavy (non-hydrogen) atoms. The number of rotatable bonds is 6. The van der Waals surface area contributed by atoms with Gasteiger partial charge >= 0.3 is 0 Å². The SMILES string of the molecule is CC(C)[Si](Oc1ccc(C=O)c(F)c1F)(C(C)C)C(C)C. The van der Waals surface area contributed by atoms with Crippen LogP contribution in [-0.2, 0) is 0 Å². The summed E-state index contributed by atoms with van der Waals surface area (Å²) in [6.45, 7) is 12.4. The molecule has 0 N–H and O–H groups in total. The van der Waals surface area contributed by atoms with Gasteiger partial charge in [0.15, 0.2) is 17.9 Å². The molecule has 1 aromatic rings. The molecule has 0 aliphatic heterocycles. The van der Waals surface area contributed by atoms with Crippen LogP contribution in [0.2, 0.25) is 16.6 Å². The van der Waals surface area contributed by atoms with E-state index in [1.165, 1.54) is 12.1 Å². The van der Waals surface area contributed by atoms with Gasteiger partial charge in [0.05, 0.1) is 5.56 Å². The molecule has 0 aliphatic rings. The quantitative estimate of drug-likeness (QED) is 0.524. The summed E-state index contributed by atoms with van der Waals surface area (Å²) < 4.78 is 34.0. The van der Waals surface area contributed by atoms with Crippen molar-refractivity contribution < 1.29 is 18.0 Å². The molecule has 0 amide bonds. The van der Waals surface area contributed by atoms with Crippen LogP contribution in [0.4, 0.5) is 8.78 Å². The first-order valence-corrected chi connectivity index (χ1v) is 9.44. The molecular weight excluding hydrogens is 290 g/mol. The summed E-state index contributed by atoms with van der Waals surface area (Å²) >= 11 is 0. The van der Waals surface area contributed by atoms with E-state index in [0.717, 1.165) is 0 Å². The van der Waals surface area contributed by atoms with Gasteiger partial charge in [-0.05, 0) is 28.8 Å². The molecule has 0 fully saturated rings. The Labute approximate surface area is 126 Å². The summed E-state index contributed by atoms with van der Waals surface area (Å²) in [6.07, 6.45) is 0.306. The predicted molar refractivity (Wildman–Crippen MR) is 83.4 cm³/mol. The fourth-order valence-corrected chi connectivity index (χ4v) is 8.51. The van der Waals surface area contributed by atoms with Crippen LogP contribution in [0.5, 0.6) is 5.75 Å². The van der Waals surface area contributed by atoms with E-state index in [-0.39, 0.29) is 27.9 Å². The maximum absolute atomic E-state index is 14.1. The Morgan fingerprint density at radius 2 is 1.43 bits per heavy atom. The summed E-state index contributed by atoms with van der Waals surface area (Å²) in [6, 6.07) is 2.62. The number of carbonyl (C=O) groups is 1. The summed E-state index contributed by atoms with van der Waals surface area (Å²) in [5.41, 5.74) is 0.480. The second kappa shape index (κ2) is 6.69. The van der Waals surface area contributed by atoms with Crippen molar-refractivity contribution in [2.24, 2.45) is 0 Å². The molecule has 0 saturated heterocycles. The van der Waals surface area contributed by atoms with E-state index < -0.39 is 20.0 Å². The van der Waals surface area contributed by atoms with Gasteiger partial charge in [-0.15, -0.1) is 0 Å². The molecule has 2 nitrogen and oxygen atoms in total. The Morgan fingerprint density at radius 3 is 1.81 bits per heavy atom. The highest BCUT2D eigenvalue weighted by Gasteiger charge is 2.47. The van der Waals surface area contributed by atoms with Crippen LogP contribution < -0.4 is 4.43 Å². The van der Waals surface area contributed by atoms with Gasteiger partial charge in [0.1, 0.15) is 5.75 Å². The minimum absolute atomic E-state index is 0.0825. The highest BCUT2D eigenvalue weighted by Crippen LogP contribution is 2.43. The van der Waals surface area contributed by atoms with Crippen LogP contribution in [0.25, 0.3) is 0 Å². The number of halogens is 2. The van der Waals surface area contributed by atoms with Gasteiger partial charge in [0, 0.05) is 0 Å². The Hall–Kier alpha value is -1.23. The maximum Gasteiger partial charge on any atom is 0.258 e. The minimum Gasteiger partial charge on any atom is -0.541 e. The van der Waals surface area contributed by atoms with Gasteiger partial charge in [-0.1, -0.05) is 41.5 Å². The first kappa shape index (κ1) is 17.8. The highest BCUT2D eigenvalue weighted by molar-refractivity contribution is 6.78. The van der Waals surface area contributed by atoms with Crippen molar-refractivity contribution in [1.82, 2.24) is 0 Å². The van der Waals surface area contributed by atoms with E-state index in [0.29, 0.717) is 6.29 Å². The normalized spacial score (nSPS) is 12.3. The fourth-order valence-electron chi connectivity index (χ4n) is 3.26. The van der Waals surface area contributed by atoms with Crippen molar-refractivity contribution >= 4 is 14.6 Å². The van der Waals surface area contributed by atoms with Gasteiger partial charge in [-0.25, -0.2) is 4.39 Å². The third-order valence-electron chi connectivity index (χ3n) is 4.20. The van der Waals surface area contributed by atoms with E-state index in [1.54, 1.807) is 0 Å². The topological polar surface area (TPSA) is 26.3 Å². The standard InChI is InChI=1S/C16H24F2O2Si/c1-10(2)21(11(3)4,12(5)6)20-14-8-7-13(9-19)15(17)16(14)18/h7-12H,1-6H3. The second-order valence-electron chi connectivity index (χ2n) is 6.32. The summed E-state index contributed by atoms with van der Waals surface area (Å²) in [4.78, 5) is 10.7. The maximum atomic E-state index is 14.1. The second-order valence-corrected chi connectivity index (χ2v) is 11.7. The molecule has 1 rings (SSSR count). The van der Waals surface area contributed by atoms with E-state index in [1.807, 2.05) is 0 Å². The van der Waals surface area contributed by atoms with E-state index in [4.69, 9.17) is 4.43 Å². The van der Waals surface area contributed by atoms with Gasteiger partial charge < -0.3 is 4.43 Å². The van der Waals surface area contributed by atoms with Crippen LogP contribution in [-0.4, -0.2) is 14.6 Å². The highest BCUT2D eigenvalue weighted by atomic mass is 28.4. The molecule has 0 heterocycles. The molecule has 0 spiro atoms. The number of hydrogen-bond donors (Lipinski definition) is 0. The van der Waals surface area contributed by atoms with Gasteiger partial charge in [0.2, 0.25) is 0 Å². The Morgan fingerprint density at radius 1 is 0.952 bits per heavy atom. The van der Waals surface area contributed by atoms with E-state index in [9.17, 15) is 13.6 Å². The minimum atomic E-state index is -2.35. The molecule has 0 radical (unpaired) electrons. The first-order chi connectivity index (χ1) is 9.68. The molecule has 0 bridgehead atoms. The average Bonchev–Trinajstić information content (AvgIpc) is 2.39. The number of aldehydes is 1. The van der Waals surface area contributed by atoms with Gasteiger partial charge in [0.25, 0.3) is 8.32 Å². The monoisotopic (exact) mass is 314 g/mol. The van der Waals surface area contributed by atoms with Crippen LogP contribution in [0.15, 0.2) is 12.1 Å². The third kappa shape index (κ3) is 3.17. The number of benzene rings is 1. The lowest BCUT2D eigenvalue weighted by molar-refractivity contribution is 0.111. The molecule has 5 heteroatoms. The van der Waals surface area contributed by atoms with Crippen molar-refractivity contribution in [2.75, 3.05) is 0 Å². The lowest BCUT2D eigenvalue weighted by Crippen LogP contribution is -2.50. The number of hydrogen-bond acceptors (Lipinski definition) is 2. The molecular formula is C16H24F2O2Si. The number of carbonyl (C=O) groups excluding carboxylic acids is 1. The zero-order valence-corrected chi connectivity index (χ0v) is 14.5.